The Balaban J connectivity index is 1.49. The number of aromatic nitrogens is 3. The Bertz CT molecular complexity index is 2460. The fraction of sp³-hybridized carbons (Fsp3) is 0. The lowest BCUT2D eigenvalue weighted by atomic mass is 9.96. The zero-order valence-electron chi connectivity index (χ0n) is 23.7. The molecule has 0 bridgehead atoms. The summed E-state index contributed by atoms with van der Waals surface area (Å²) >= 11 is 1.88. The summed E-state index contributed by atoms with van der Waals surface area (Å²) in [5, 5.41) is 5.03. The fourth-order valence-electron chi connectivity index (χ4n) is 6.53. The molecule has 4 heteroatoms. The summed E-state index contributed by atoms with van der Waals surface area (Å²) in [7, 11) is 0. The quantitative estimate of drug-likeness (QED) is 0.208. The molecule has 0 N–H and O–H groups in total. The lowest BCUT2D eigenvalue weighted by Gasteiger charge is -2.10. The molecule has 0 fully saturated rings. The van der Waals surface area contributed by atoms with Gasteiger partial charge in [-0.15, -0.1) is 11.3 Å². The van der Waals surface area contributed by atoms with E-state index in [9.17, 15) is 0 Å². The van der Waals surface area contributed by atoms with E-state index in [0.29, 0.717) is 0 Å². The van der Waals surface area contributed by atoms with Gasteiger partial charge in [-0.3, -0.25) is 0 Å². The molecule has 0 unspecified atom stereocenters. The molecule has 3 nitrogen and oxygen atoms in total. The van der Waals surface area contributed by atoms with Crippen LogP contribution in [0.15, 0.2) is 152 Å². The predicted molar refractivity (Wildman–Crippen MR) is 186 cm³/mol. The second kappa shape index (κ2) is 10.0. The van der Waals surface area contributed by atoms with Crippen LogP contribution in [0.3, 0.4) is 0 Å². The topological polar surface area (TPSA) is 30.7 Å². The van der Waals surface area contributed by atoms with Crippen molar-refractivity contribution in [1.29, 1.82) is 0 Å². The van der Waals surface area contributed by atoms with Gasteiger partial charge in [0.05, 0.1) is 11.0 Å². The minimum Gasteiger partial charge on any atom is -0.309 e. The van der Waals surface area contributed by atoms with Gasteiger partial charge in [-0.05, 0) is 71.3 Å². The largest absolute Gasteiger partial charge is 0.309 e. The average molecular weight is 580 g/mol. The van der Waals surface area contributed by atoms with Crippen molar-refractivity contribution in [2.24, 2.45) is 0 Å². The number of para-hydroxylation sites is 1. The van der Waals surface area contributed by atoms with E-state index in [2.05, 4.69) is 148 Å². The van der Waals surface area contributed by atoms with Crippen LogP contribution in [-0.2, 0) is 0 Å². The Labute approximate surface area is 258 Å². The molecule has 44 heavy (non-hydrogen) atoms. The Kier molecular flexibility index (Phi) is 5.68. The molecular formula is C40H25N3S. The van der Waals surface area contributed by atoms with Crippen molar-refractivity contribution in [3.63, 3.8) is 0 Å². The highest BCUT2D eigenvalue weighted by molar-refractivity contribution is 7.26. The van der Waals surface area contributed by atoms with Crippen LogP contribution < -0.4 is 0 Å². The summed E-state index contributed by atoms with van der Waals surface area (Å²) in [5.74, 6) is 0.730. The Morgan fingerprint density at radius 1 is 0.477 bits per heavy atom. The maximum atomic E-state index is 4.59. The van der Waals surface area contributed by atoms with Crippen LogP contribution in [0.25, 0.3) is 81.3 Å². The molecule has 0 spiro atoms. The van der Waals surface area contributed by atoms with Crippen molar-refractivity contribution in [2.45, 2.75) is 0 Å². The minimum absolute atomic E-state index is 0.730. The highest BCUT2D eigenvalue weighted by atomic mass is 32.1. The molecule has 0 aliphatic carbocycles. The monoisotopic (exact) mass is 579 g/mol. The molecule has 0 atom stereocenters. The highest BCUT2D eigenvalue weighted by Gasteiger charge is 2.22. The molecule has 206 valence electrons. The van der Waals surface area contributed by atoms with E-state index in [4.69, 9.17) is 0 Å². The van der Waals surface area contributed by atoms with Gasteiger partial charge >= 0.3 is 0 Å². The van der Waals surface area contributed by atoms with Gasteiger partial charge in [0, 0.05) is 60.2 Å². The van der Waals surface area contributed by atoms with E-state index in [1.807, 2.05) is 29.8 Å². The van der Waals surface area contributed by atoms with Gasteiger partial charge in [-0.25, -0.2) is 9.97 Å². The summed E-state index contributed by atoms with van der Waals surface area (Å²) < 4.78 is 5.00. The molecular weight excluding hydrogens is 555 g/mol. The van der Waals surface area contributed by atoms with E-state index in [-0.39, 0.29) is 0 Å². The van der Waals surface area contributed by atoms with Crippen molar-refractivity contribution < 1.29 is 0 Å². The molecule has 0 amide bonds. The Morgan fingerprint density at radius 3 is 1.89 bits per heavy atom. The average Bonchev–Trinajstić information content (AvgIpc) is 3.64. The molecule has 0 aliphatic rings. The Hall–Kier alpha value is -5.58. The van der Waals surface area contributed by atoms with Crippen molar-refractivity contribution in [1.82, 2.24) is 14.5 Å². The molecule has 6 aromatic carbocycles. The zero-order valence-corrected chi connectivity index (χ0v) is 24.5. The van der Waals surface area contributed by atoms with Crippen LogP contribution in [0.5, 0.6) is 0 Å². The van der Waals surface area contributed by atoms with Crippen LogP contribution in [0.4, 0.5) is 0 Å². The molecule has 3 heterocycles. The maximum Gasteiger partial charge on any atom is 0.159 e. The van der Waals surface area contributed by atoms with E-state index in [0.717, 1.165) is 22.6 Å². The van der Waals surface area contributed by atoms with E-state index in [1.165, 1.54) is 58.7 Å². The van der Waals surface area contributed by atoms with Crippen molar-refractivity contribution in [3.8, 4) is 39.3 Å². The van der Waals surface area contributed by atoms with Crippen molar-refractivity contribution >= 4 is 53.3 Å². The van der Waals surface area contributed by atoms with Crippen LogP contribution in [0.2, 0.25) is 0 Å². The number of hydrogen-bond donors (Lipinski definition) is 0. The number of thiophene rings is 1. The van der Waals surface area contributed by atoms with Crippen LogP contribution >= 0.6 is 11.3 Å². The number of hydrogen-bond acceptors (Lipinski definition) is 3. The fourth-order valence-corrected chi connectivity index (χ4v) is 7.76. The number of nitrogens with zero attached hydrogens (tertiary/aromatic N) is 3. The van der Waals surface area contributed by atoms with Crippen molar-refractivity contribution in [2.75, 3.05) is 0 Å². The normalized spacial score (nSPS) is 11.6. The lowest BCUT2D eigenvalue weighted by molar-refractivity contribution is 1.17. The van der Waals surface area contributed by atoms with Gasteiger partial charge in [0.25, 0.3) is 0 Å². The molecule has 9 rings (SSSR count). The third kappa shape index (κ3) is 3.89. The van der Waals surface area contributed by atoms with Crippen LogP contribution in [0.1, 0.15) is 0 Å². The van der Waals surface area contributed by atoms with Gasteiger partial charge in [0.1, 0.15) is 0 Å². The van der Waals surface area contributed by atoms with Crippen molar-refractivity contribution in [3.05, 3.63) is 152 Å². The standard InChI is InChI=1S/C40H25N3S/c1-4-11-26(12-5-1)28-18-20-36-33(23-28)38-37-32-24-29(40-41-21-10-22-42-40)17-19-34(32)43(30-15-8-3-9-16-30)35(37)25-31(39(38)44-36)27-13-6-2-7-14-27/h1-25H. The van der Waals surface area contributed by atoms with Gasteiger partial charge < -0.3 is 4.57 Å². The highest BCUT2D eigenvalue weighted by Crippen LogP contribution is 2.48. The number of benzene rings is 6. The molecule has 0 saturated heterocycles. The summed E-state index contributed by atoms with van der Waals surface area (Å²) in [6.45, 7) is 0. The smallest absolute Gasteiger partial charge is 0.159 e. The van der Waals surface area contributed by atoms with E-state index >= 15 is 0 Å². The van der Waals surface area contributed by atoms with Crippen LogP contribution in [-0.4, -0.2) is 14.5 Å². The first-order valence-electron chi connectivity index (χ1n) is 14.7. The Morgan fingerprint density at radius 2 is 1.14 bits per heavy atom. The van der Waals surface area contributed by atoms with E-state index < -0.39 is 0 Å². The first-order valence-corrected chi connectivity index (χ1v) is 15.6. The summed E-state index contributed by atoms with van der Waals surface area (Å²) in [6, 6.07) is 50.0. The second-order valence-electron chi connectivity index (χ2n) is 11.0. The van der Waals surface area contributed by atoms with Gasteiger partial charge in [0.15, 0.2) is 5.82 Å². The van der Waals surface area contributed by atoms with Crippen LogP contribution in [0, 0.1) is 0 Å². The molecule has 3 aromatic heterocycles. The molecule has 0 aliphatic heterocycles. The lowest BCUT2D eigenvalue weighted by Crippen LogP contribution is -1.94. The number of fused-ring (bicyclic) bond motifs is 7. The number of rotatable bonds is 4. The molecule has 0 saturated carbocycles. The third-order valence-corrected chi connectivity index (χ3v) is 9.70. The molecule has 0 radical (unpaired) electrons. The first-order chi connectivity index (χ1) is 21.8. The third-order valence-electron chi connectivity index (χ3n) is 8.50. The van der Waals surface area contributed by atoms with Gasteiger partial charge in [-0.1, -0.05) is 84.9 Å². The minimum atomic E-state index is 0.730. The first kappa shape index (κ1) is 25.0. The second-order valence-corrected chi connectivity index (χ2v) is 12.1. The molecule has 9 aromatic rings. The van der Waals surface area contributed by atoms with Gasteiger partial charge in [-0.2, -0.15) is 0 Å². The van der Waals surface area contributed by atoms with Gasteiger partial charge in [0.2, 0.25) is 0 Å². The SMILES string of the molecule is c1ccc(-c2ccc3sc4c(-c5ccccc5)cc5c(c6cc(-c7ncccn7)ccc6n5-c5ccccc5)c4c3c2)cc1. The predicted octanol–water partition coefficient (Wildman–Crippen LogP) is 10.9. The zero-order chi connectivity index (χ0) is 29.0. The summed E-state index contributed by atoms with van der Waals surface area (Å²) in [4.78, 5) is 9.17. The summed E-state index contributed by atoms with van der Waals surface area (Å²) in [6.07, 6.45) is 3.61. The maximum absolute atomic E-state index is 4.59. The van der Waals surface area contributed by atoms with E-state index in [1.54, 1.807) is 0 Å². The summed E-state index contributed by atoms with van der Waals surface area (Å²) in [5.41, 5.74) is 9.42.